The Morgan fingerprint density at radius 1 is 1.11 bits per heavy atom. The van der Waals surface area contributed by atoms with Crippen LogP contribution in [0.4, 0.5) is 19.4 Å². The second-order valence-electron chi connectivity index (χ2n) is 8.53. The van der Waals surface area contributed by atoms with Crippen LogP contribution in [0.1, 0.15) is 17.2 Å². The van der Waals surface area contributed by atoms with Crippen LogP contribution in [-0.4, -0.2) is 67.2 Å². The maximum Gasteiger partial charge on any atom is 0.320 e. The van der Waals surface area contributed by atoms with E-state index in [0.717, 1.165) is 6.07 Å². The second-order valence-corrected chi connectivity index (χ2v) is 8.90. The molecule has 3 aromatic rings. The maximum atomic E-state index is 14.0. The summed E-state index contributed by atoms with van der Waals surface area (Å²) in [6, 6.07) is 12.2. The summed E-state index contributed by atoms with van der Waals surface area (Å²) in [7, 11) is 3.15. The first kappa shape index (κ1) is 26.0. The first-order valence-corrected chi connectivity index (χ1v) is 11.8. The Hall–Kier alpha value is -3.05. The molecule has 0 bridgehead atoms. The standard InChI is InChI=1S/C25H28ClF2N5O3/c1-35-11-10-32-13-18(16-8-9-19(27)20(28)12-16)21(14-32)29-25(34)30-24-23(26)22(15-36-2)31-33(24)17-6-4-3-5-7-17/h3-9,12,18,21H,10-11,13-15H2,1-2H3,(H2,29,30,34)/t18-,21+/m0/s1. The monoisotopic (exact) mass is 519 g/mol. The van der Waals surface area contributed by atoms with Gasteiger partial charge in [0.05, 0.1) is 24.9 Å². The van der Waals surface area contributed by atoms with Crippen molar-refractivity contribution in [3.05, 3.63) is 76.4 Å². The normalized spacial score (nSPS) is 17.9. The zero-order valence-electron chi connectivity index (χ0n) is 20.0. The Bertz CT molecular complexity index is 1190. The molecular weight excluding hydrogens is 492 g/mol. The van der Waals surface area contributed by atoms with Gasteiger partial charge in [-0.05, 0) is 29.8 Å². The lowest BCUT2D eigenvalue weighted by atomic mass is 9.94. The van der Waals surface area contributed by atoms with Crippen LogP contribution in [0.2, 0.25) is 5.02 Å². The zero-order valence-corrected chi connectivity index (χ0v) is 20.8. The van der Waals surface area contributed by atoms with Crippen LogP contribution < -0.4 is 10.6 Å². The van der Waals surface area contributed by atoms with Crippen molar-refractivity contribution in [3.8, 4) is 5.69 Å². The van der Waals surface area contributed by atoms with Gasteiger partial charge in [-0.15, -0.1) is 0 Å². The summed E-state index contributed by atoms with van der Waals surface area (Å²) in [5, 5.41) is 10.6. The summed E-state index contributed by atoms with van der Waals surface area (Å²) in [4.78, 5) is 15.3. The largest absolute Gasteiger partial charge is 0.383 e. The highest BCUT2D eigenvalue weighted by atomic mass is 35.5. The average Bonchev–Trinajstić information content (AvgIpc) is 3.41. The number of likely N-dealkylation sites (tertiary alicyclic amines) is 1. The van der Waals surface area contributed by atoms with E-state index in [1.807, 2.05) is 30.3 Å². The number of carbonyl (C=O) groups excluding carboxylic acids is 1. The van der Waals surface area contributed by atoms with E-state index in [1.54, 1.807) is 17.9 Å². The van der Waals surface area contributed by atoms with Crippen LogP contribution in [0.15, 0.2) is 48.5 Å². The van der Waals surface area contributed by atoms with Crippen LogP contribution in [0.5, 0.6) is 0 Å². The average molecular weight is 520 g/mol. The Morgan fingerprint density at radius 3 is 2.58 bits per heavy atom. The minimum Gasteiger partial charge on any atom is -0.383 e. The Kier molecular flexibility index (Phi) is 8.52. The molecule has 1 saturated heterocycles. The molecule has 2 heterocycles. The van der Waals surface area contributed by atoms with Gasteiger partial charge in [0.15, 0.2) is 17.5 Å². The van der Waals surface area contributed by atoms with Gasteiger partial charge in [-0.2, -0.15) is 5.10 Å². The van der Waals surface area contributed by atoms with Gasteiger partial charge in [0, 0.05) is 39.8 Å². The smallest absolute Gasteiger partial charge is 0.320 e. The van der Waals surface area contributed by atoms with Crippen LogP contribution in [0.25, 0.3) is 5.69 Å². The van der Waals surface area contributed by atoms with E-state index in [2.05, 4.69) is 20.6 Å². The minimum atomic E-state index is -0.921. The molecule has 2 aromatic carbocycles. The van der Waals surface area contributed by atoms with E-state index in [9.17, 15) is 13.6 Å². The number of urea groups is 1. The van der Waals surface area contributed by atoms with Gasteiger partial charge in [0.25, 0.3) is 0 Å². The summed E-state index contributed by atoms with van der Waals surface area (Å²) < 4.78 is 39.4. The molecule has 0 unspecified atom stereocenters. The molecule has 2 amide bonds. The number of nitrogens with one attached hydrogen (secondary N) is 2. The quantitative estimate of drug-likeness (QED) is 0.443. The van der Waals surface area contributed by atoms with Gasteiger partial charge in [-0.25, -0.2) is 18.3 Å². The Morgan fingerprint density at radius 2 is 1.89 bits per heavy atom. The number of methoxy groups -OCH3 is 2. The summed E-state index contributed by atoms with van der Waals surface area (Å²) in [5.74, 6) is -1.78. The van der Waals surface area contributed by atoms with Crippen LogP contribution in [0, 0.1) is 11.6 Å². The van der Waals surface area contributed by atoms with Gasteiger partial charge >= 0.3 is 6.03 Å². The molecule has 4 rings (SSSR count). The summed E-state index contributed by atoms with van der Waals surface area (Å²) >= 11 is 6.55. The molecular formula is C25H28ClF2N5O3. The first-order valence-electron chi connectivity index (χ1n) is 11.5. The van der Waals surface area contributed by atoms with Crippen LogP contribution in [-0.2, 0) is 16.1 Å². The number of hydrogen-bond donors (Lipinski definition) is 2. The topological polar surface area (TPSA) is 80.7 Å². The first-order chi connectivity index (χ1) is 17.4. The van der Waals surface area contributed by atoms with Crippen molar-refractivity contribution in [2.24, 2.45) is 0 Å². The SMILES string of the molecule is COCCN1C[C@@H](NC(=O)Nc2c(Cl)c(COC)nn2-c2ccccc2)[C@H](c2ccc(F)c(F)c2)C1. The van der Waals surface area contributed by atoms with Crippen molar-refractivity contribution >= 4 is 23.4 Å². The summed E-state index contributed by atoms with van der Waals surface area (Å²) in [6.45, 7) is 2.40. The van der Waals surface area contributed by atoms with Crippen molar-refractivity contribution in [1.82, 2.24) is 20.0 Å². The molecule has 1 aromatic heterocycles. The molecule has 0 radical (unpaired) electrons. The summed E-state index contributed by atoms with van der Waals surface area (Å²) in [6.07, 6.45) is 0. The predicted octanol–water partition coefficient (Wildman–Crippen LogP) is 4.19. The number of amides is 2. The molecule has 192 valence electrons. The van der Waals surface area contributed by atoms with Gasteiger partial charge in [0.1, 0.15) is 10.7 Å². The number of halogens is 3. The highest BCUT2D eigenvalue weighted by Crippen LogP contribution is 2.31. The predicted molar refractivity (Wildman–Crippen MR) is 133 cm³/mol. The minimum absolute atomic E-state index is 0.171. The number of benzene rings is 2. The third-order valence-corrected chi connectivity index (χ3v) is 6.50. The number of carbonyl (C=O) groups is 1. The fourth-order valence-electron chi connectivity index (χ4n) is 4.36. The second kappa shape index (κ2) is 11.8. The lowest BCUT2D eigenvalue weighted by Gasteiger charge is -2.21. The van der Waals surface area contributed by atoms with E-state index in [4.69, 9.17) is 21.1 Å². The van der Waals surface area contributed by atoms with E-state index in [0.29, 0.717) is 49.0 Å². The van der Waals surface area contributed by atoms with E-state index in [-0.39, 0.29) is 23.6 Å². The third kappa shape index (κ3) is 5.84. The number of rotatable bonds is 9. The molecule has 1 aliphatic rings. The Labute approximate surface area is 213 Å². The number of aromatic nitrogens is 2. The Balaban J connectivity index is 1.56. The number of ether oxygens (including phenoxy) is 2. The maximum absolute atomic E-state index is 14.0. The molecule has 2 atom stereocenters. The van der Waals surface area contributed by atoms with E-state index in [1.165, 1.54) is 13.2 Å². The molecule has 1 aliphatic heterocycles. The van der Waals surface area contributed by atoms with Gasteiger partial charge in [-0.1, -0.05) is 35.9 Å². The van der Waals surface area contributed by atoms with Gasteiger partial charge in [0.2, 0.25) is 0 Å². The highest BCUT2D eigenvalue weighted by Gasteiger charge is 2.35. The van der Waals surface area contributed by atoms with Crippen LogP contribution in [0.3, 0.4) is 0 Å². The molecule has 2 N–H and O–H groups in total. The molecule has 0 aliphatic carbocycles. The van der Waals surface area contributed by atoms with E-state index < -0.39 is 17.7 Å². The summed E-state index contributed by atoms with van der Waals surface area (Å²) in [5.41, 5.74) is 1.79. The molecule has 0 spiro atoms. The lowest BCUT2D eigenvalue weighted by molar-refractivity contribution is 0.159. The number of nitrogens with zero attached hydrogens (tertiary/aromatic N) is 3. The van der Waals surface area contributed by atoms with E-state index >= 15 is 0 Å². The molecule has 0 saturated carbocycles. The zero-order chi connectivity index (χ0) is 25.7. The van der Waals surface area contributed by atoms with Gasteiger partial charge in [-0.3, -0.25) is 10.2 Å². The van der Waals surface area contributed by atoms with Crippen molar-refractivity contribution in [3.63, 3.8) is 0 Å². The molecule has 36 heavy (non-hydrogen) atoms. The fourth-order valence-corrected chi connectivity index (χ4v) is 4.58. The third-order valence-electron chi connectivity index (χ3n) is 6.10. The number of anilines is 1. The van der Waals surface area contributed by atoms with Crippen molar-refractivity contribution in [2.75, 3.05) is 45.8 Å². The fraction of sp³-hybridized carbons (Fsp3) is 0.360. The number of hydrogen-bond acceptors (Lipinski definition) is 5. The van der Waals surface area contributed by atoms with Crippen LogP contribution >= 0.6 is 11.6 Å². The molecule has 1 fully saturated rings. The lowest BCUT2D eigenvalue weighted by Crippen LogP contribution is -2.42. The van der Waals surface area contributed by atoms with Gasteiger partial charge < -0.3 is 14.8 Å². The number of para-hydroxylation sites is 1. The molecule has 11 heteroatoms. The highest BCUT2D eigenvalue weighted by molar-refractivity contribution is 6.34. The van der Waals surface area contributed by atoms with Crippen molar-refractivity contribution in [2.45, 2.75) is 18.6 Å². The molecule has 8 nitrogen and oxygen atoms in total. The van der Waals surface area contributed by atoms with Crippen molar-refractivity contribution < 1.29 is 23.0 Å². The van der Waals surface area contributed by atoms with Crippen molar-refractivity contribution in [1.29, 1.82) is 0 Å².